The Hall–Kier alpha value is -1.26. The number of anilines is 1. The number of nitrogens with zero attached hydrogens (tertiary/aromatic N) is 2. The molecule has 0 aromatic heterocycles. The van der Waals surface area contributed by atoms with Gasteiger partial charge in [0.2, 0.25) is 0 Å². The lowest BCUT2D eigenvalue weighted by atomic mass is 10.1. The Morgan fingerprint density at radius 2 is 1.70 bits per heavy atom. The van der Waals surface area contributed by atoms with Crippen LogP contribution in [-0.2, 0) is 0 Å². The van der Waals surface area contributed by atoms with Gasteiger partial charge in [0, 0.05) is 38.4 Å². The van der Waals surface area contributed by atoms with Gasteiger partial charge in [0.1, 0.15) is 5.75 Å². The van der Waals surface area contributed by atoms with Crippen LogP contribution in [0.25, 0.3) is 0 Å². The molecule has 0 saturated carbocycles. The molecule has 112 valence electrons. The third-order valence-corrected chi connectivity index (χ3v) is 3.85. The van der Waals surface area contributed by atoms with Crippen molar-refractivity contribution in [2.45, 2.75) is 25.9 Å². The molecule has 0 amide bonds. The summed E-state index contributed by atoms with van der Waals surface area (Å²) in [6, 6.07) is 8.25. The maximum absolute atomic E-state index is 9.78. The highest BCUT2D eigenvalue weighted by atomic mass is 16.5. The molecule has 1 saturated heterocycles. The second-order valence-electron chi connectivity index (χ2n) is 6.09. The predicted octanol–water partition coefficient (Wildman–Crippen LogP) is 1.98. The first-order valence-corrected chi connectivity index (χ1v) is 7.32. The van der Waals surface area contributed by atoms with Crippen LogP contribution in [0.3, 0.4) is 0 Å². The third-order valence-electron chi connectivity index (χ3n) is 3.85. The minimum Gasteiger partial charge on any atom is -0.497 e. The molecule has 0 bridgehead atoms. The second kappa shape index (κ2) is 6.46. The van der Waals surface area contributed by atoms with E-state index in [4.69, 9.17) is 4.74 Å². The molecular weight excluding hydrogens is 252 g/mol. The average molecular weight is 278 g/mol. The monoisotopic (exact) mass is 278 g/mol. The van der Waals surface area contributed by atoms with E-state index in [1.165, 1.54) is 5.69 Å². The summed E-state index contributed by atoms with van der Waals surface area (Å²) in [6.45, 7) is 8.92. The fraction of sp³-hybridized carbons (Fsp3) is 0.625. The summed E-state index contributed by atoms with van der Waals surface area (Å²) in [5.74, 6) is 0.901. The molecule has 0 atom stereocenters. The number of ether oxygens (including phenoxy) is 1. The molecule has 2 rings (SSSR count). The molecule has 1 aliphatic heterocycles. The fourth-order valence-corrected chi connectivity index (χ4v) is 2.45. The molecule has 1 aromatic rings. The first kappa shape index (κ1) is 15.1. The molecule has 1 aromatic carbocycles. The van der Waals surface area contributed by atoms with E-state index < -0.39 is 5.60 Å². The maximum atomic E-state index is 9.78. The first-order chi connectivity index (χ1) is 9.48. The van der Waals surface area contributed by atoms with Gasteiger partial charge in [-0.05, 0) is 44.5 Å². The van der Waals surface area contributed by atoms with Crippen molar-refractivity contribution in [1.82, 2.24) is 4.90 Å². The smallest absolute Gasteiger partial charge is 0.119 e. The summed E-state index contributed by atoms with van der Waals surface area (Å²) >= 11 is 0. The van der Waals surface area contributed by atoms with Crippen molar-refractivity contribution in [2.24, 2.45) is 0 Å². The van der Waals surface area contributed by atoms with Crippen LogP contribution in [0.4, 0.5) is 5.69 Å². The molecular formula is C16H26N2O2. The highest BCUT2D eigenvalue weighted by Crippen LogP contribution is 2.20. The largest absolute Gasteiger partial charge is 0.497 e. The zero-order chi connectivity index (χ0) is 14.6. The Morgan fingerprint density at radius 1 is 1.10 bits per heavy atom. The van der Waals surface area contributed by atoms with Gasteiger partial charge >= 0.3 is 0 Å². The van der Waals surface area contributed by atoms with Crippen molar-refractivity contribution in [3.05, 3.63) is 24.3 Å². The number of piperazine rings is 1. The molecule has 1 aliphatic rings. The van der Waals surface area contributed by atoms with Gasteiger partial charge in [-0.2, -0.15) is 0 Å². The van der Waals surface area contributed by atoms with Gasteiger partial charge in [0.15, 0.2) is 0 Å². The number of rotatable bonds is 5. The van der Waals surface area contributed by atoms with Crippen LogP contribution >= 0.6 is 0 Å². The zero-order valence-corrected chi connectivity index (χ0v) is 12.8. The highest BCUT2D eigenvalue weighted by Gasteiger charge is 2.20. The van der Waals surface area contributed by atoms with E-state index in [-0.39, 0.29) is 0 Å². The molecule has 4 heteroatoms. The topological polar surface area (TPSA) is 35.9 Å². The lowest BCUT2D eigenvalue weighted by molar-refractivity contribution is 0.0569. The summed E-state index contributed by atoms with van der Waals surface area (Å²) in [5.41, 5.74) is 0.695. The van der Waals surface area contributed by atoms with E-state index in [1.807, 2.05) is 26.0 Å². The van der Waals surface area contributed by atoms with Crippen LogP contribution < -0.4 is 9.64 Å². The van der Waals surface area contributed by atoms with Gasteiger partial charge in [-0.3, -0.25) is 4.90 Å². The van der Waals surface area contributed by atoms with Crippen molar-refractivity contribution in [3.8, 4) is 5.75 Å². The SMILES string of the molecule is COc1ccc(N2CCN(CCC(C)(C)O)CC2)cc1. The Labute approximate surface area is 122 Å². The Bertz CT molecular complexity index is 403. The van der Waals surface area contributed by atoms with Gasteiger partial charge in [0.25, 0.3) is 0 Å². The van der Waals surface area contributed by atoms with Crippen LogP contribution in [0.5, 0.6) is 5.75 Å². The lowest BCUT2D eigenvalue weighted by Crippen LogP contribution is -2.47. The molecule has 1 heterocycles. The molecule has 0 spiro atoms. The summed E-state index contributed by atoms with van der Waals surface area (Å²) in [5, 5.41) is 9.78. The molecule has 20 heavy (non-hydrogen) atoms. The second-order valence-corrected chi connectivity index (χ2v) is 6.09. The van der Waals surface area contributed by atoms with Gasteiger partial charge in [-0.1, -0.05) is 0 Å². The third kappa shape index (κ3) is 4.39. The van der Waals surface area contributed by atoms with Crippen molar-refractivity contribution >= 4 is 5.69 Å². The van der Waals surface area contributed by atoms with Crippen LogP contribution in [0.1, 0.15) is 20.3 Å². The fourth-order valence-electron chi connectivity index (χ4n) is 2.45. The number of methoxy groups -OCH3 is 1. The van der Waals surface area contributed by atoms with Crippen molar-refractivity contribution in [1.29, 1.82) is 0 Å². The Balaban J connectivity index is 1.81. The summed E-state index contributed by atoms with van der Waals surface area (Å²) < 4.78 is 5.19. The minimum absolute atomic E-state index is 0.562. The van der Waals surface area contributed by atoms with E-state index in [9.17, 15) is 5.11 Å². The van der Waals surface area contributed by atoms with Crippen molar-refractivity contribution in [2.75, 3.05) is 44.7 Å². The van der Waals surface area contributed by atoms with E-state index in [2.05, 4.69) is 21.9 Å². The van der Waals surface area contributed by atoms with Crippen molar-refractivity contribution < 1.29 is 9.84 Å². The Kier molecular flexibility index (Phi) is 4.89. The number of benzene rings is 1. The predicted molar refractivity (Wildman–Crippen MR) is 82.6 cm³/mol. The number of aliphatic hydroxyl groups is 1. The summed E-state index contributed by atoms with van der Waals surface area (Å²) in [6.07, 6.45) is 0.829. The molecule has 0 radical (unpaired) electrons. The zero-order valence-electron chi connectivity index (χ0n) is 12.8. The van der Waals surface area contributed by atoms with E-state index in [0.29, 0.717) is 0 Å². The summed E-state index contributed by atoms with van der Waals surface area (Å²) in [7, 11) is 1.69. The number of hydrogen-bond acceptors (Lipinski definition) is 4. The summed E-state index contributed by atoms with van der Waals surface area (Å²) in [4.78, 5) is 4.83. The molecule has 0 aliphatic carbocycles. The lowest BCUT2D eigenvalue weighted by Gasteiger charge is -2.37. The van der Waals surface area contributed by atoms with Gasteiger partial charge < -0.3 is 14.7 Å². The van der Waals surface area contributed by atoms with E-state index >= 15 is 0 Å². The van der Waals surface area contributed by atoms with Crippen LogP contribution in [0.15, 0.2) is 24.3 Å². The van der Waals surface area contributed by atoms with Gasteiger partial charge in [-0.25, -0.2) is 0 Å². The average Bonchev–Trinajstić information content (AvgIpc) is 2.45. The molecule has 4 nitrogen and oxygen atoms in total. The highest BCUT2D eigenvalue weighted by molar-refractivity contribution is 5.49. The van der Waals surface area contributed by atoms with Gasteiger partial charge in [-0.15, -0.1) is 0 Å². The molecule has 1 fully saturated rings. The van der Waals surface area contributed by atoms with Crippen molar-refractivity contribution in [3.63, 3.8) is 0 Å². The van der Waals surface area contributed by atoms with Crippen LogP contribution in [0.2, 0.25) is 0 Å². The first-order valence-electron chi connectivity index (χ1n) is 7.32. The normalized spacial score (nSPS) is 17.3. The minimum atomic E-state index is -0.562. The number of hydrogen-bond donors (Lipinski definition) is 1. The maximum Gasteiger partial charge on any atom is 0.119 e. The molecule has 1 N–H and O–H groups in total. The van der Waals surface area contributed by atoms with E-state index in [1.54, 1.807) is 7.11 Å². The van der Waals surface area contributed by atoms with E-state index in [0.717, 1.165) is 44.9 Å². The quantitative estimate of drug-likeness (QED) is 0.893. The van der Waals surface area contributed by atoms with Crippen LogP contribution in [-0.4, -0.2) is 55.4 Å². The van der Waals surface area contributed by atoms with Gasteiger partial charge in [0.05, 0.1) is 12.7 Å². The molecule has 0 unspecified atom stereocenters. The standard InChI is InChI=1S/C16H26N2O2/c1-16(2,19)8-9-17-10-12-18(13-11-17)14-4-6-15(20-3)7-5-14/h4-7,19H,8-13H2,1-3H3. The van der Waals surface area contributed by atoms with Crippen LogP contribution in [0, 0.1) is 0 Å². The Morgan fingerprint density at radius 3 is 2.20 bits per heavy atom.